The van der Waals surface area contributed by atoms with Crippen LogP contribution in [0.1, 0.15) is 12.5 Å². The molecular weight excluding hydrogens is 251 g/mol. The van der Waals surface area contributed by atoms with Crippen LogP contribution >= 0.6 is 28.5 Å². The van der Waals surface area contributed by atoms with E-state index in [-0.39, 0.29) is 0 Å². The number of benzene rings is 1. The normalized spacial score (nSPS) is 14.8. The summed E-state index contributed by atoms with van der Waals surface area (Å²) < 4.78 is 16.5. The minimum Gasteiger partial charge on any atom is -0.310 e. The van der Waals surface area contributed by atoms with Crippen molar-refractivity contribution in [2.45, 2.75) is 13.3 Å². The van der Waals surface area contributed by atoms with Crippen molar-refractivity contribution in [1.29, 1.82) is 0 Å². The average Bonchev–Trinajstić information content (AvgIpc) is 2.19. The predicted molar refractivity (Wildman–Crippen MR) is 67.7 cm³/mol. The number of hydrogen-bond acceptors (Lipinski definition) is 3. The summed E-state index contributed by atoms with van der Waals surface area (Å²) in [6.45, 7) is 2.17. The van der Waals surface area contributed by atoms with Gasteiger partial charge in [-0.3, -0.25) is 4.57 Å². The Kier molecular flexibility index (Phi) is 5.77. The van der Waals surface area contributed by atoms with Crippen molar-refractivity contribution < 1.29 is 9.09 Å². The Hall–Kier alpha value is 0.0500. The van der Waals surface area contributed by atoms with Crippen LogP contribution in [-0.2, 0) is 15.5 Å². The lowest BCUT2D eigenvalue weighted by molar-refractivity contribution is 0.356. The maximum absolute atomic E-state index is 11.5. The molecule has 0 saturated heterocycles. The first-order valence-electron chi connectivity index (χ1n) is 4.77. The molecule has 5 heteroatoms. The highest BCUT2D eigenvalue weighted by Gasteiger charge is 2.18. The van der Waals surface area contributed by atoms with Crippen molar-refractivity contribution in [2.75, 3.05) is 12.4 Å². The second kappa shape index (κ2) is 6.59. The molecule has 0 aromatic heterocycles. The lowest BCUT2D eigenvalue weighted by Crippen LogP contribution is -1.88. The monoisotopic (exact) mass is 264 g/mol. The van der Waals surface area contributed by atoms with Crippen LogP contribution in [0.25, 0.3) is 0 Å². The third-order valence-electron chi connectivity index (χ3n) is 1.76. The highest BCUT2D eigenvalue weighted by atomic mass is 35.7. The van der Waals surface area contributed by atoms with Crippen LogP contribution in [0.2, 0.25) is 0 Å². The SMILES string of the molecule is CCOP(=O)(Cl)SCCc1ccccc1. The predicted octanol–water partition coefficient (Wildman–Crippen LogP) is 4.35. The van der Waals surface area contributed by atoms with Gasteiger partial charge in [-0.25, -0.2) is 0 Å². The molecule has 2 nitrogen and oxygen atoms in total. The van der Waals surface area contributed by atoms with Gasteiger partial charge in [-0.1, -0.05) is 41.7 Å². The Morgan fingerprint density at radius 2 is 2.07 bits per heavy atom. The second-order valence-corrected chi connectivity index (χ2v) is 8.86. The van der Waals surface area contributed by atoms with Gasteiger partial charge >= 0.3 is 5.92 Å². The van der Waals surface area contributed by atoms with E-state index in [2.05, 4.69) is 0 Å². The number of hydrogen-bond donors (Lipinski definition) is 0. The van der Waals surface area contributed by atoms with E-state index >= 15 is 0 Å². The van der Waals surface area contributed by atoms with Gasteiger partial charge in [0.1, 0.15) is 0 Å². The molecule has 0 fully saturated rings. The van der Waals surface area contributed by atoms with E-state index in [9.17, 15) is 4.57 Å². The summed E-state index contributed by atoms with van der Waals surface area (Å²) in [4.78, 5) is 0. The zero-order valence-electron chi connectivity index (χ0n) is 8.56. The highest BCUT2D eigenvalue weighted by Crippen LogP contribution is 2.64. The summed E-state index contributed by atoms with van der Waals surface area (Å²) in [7, 11) is 0. The van der Waals surface area contributed by atoms with E-state index in [1.807, 2.05) is 30.3 Å². The molecule has 0 N–H and O–H groups in total. The Morgan fingerprint density at radius 3 is 2.67 bits per heavy atom. The summed E-state index contributed by atoms with van der Waals surface area (Å²) in [6.07, 6.45) is 0.856. The maximum Gasteiger partial charge on any atom is 0.346 e. The van der Waals surface area contributed by atoms with E-state index in [1.54, 1.807) is 6.92 Å². The van der Waals surface area contributed by atoms with Gasteiger partial charge in [0.15, 0.2) is 0 Å². The van der Waals surface area contributed by atoms with Crippen LogP contribution in [0.5, 0.6) is 0 Å². The average molecular weight is 265 g/mol. The molecule has 84 valence electrons. The van der Waals surface area contributed by atoms with Crippen LogP contribution in [0.15, 0.2) is 30.3 Å². The van der Waals surface area contributed by atoms with Gasteiger partial charge < -0.3 is 4.52 Å². The lowest BCUT2D eigenvalue weighted by atomic mass is 10.2. The fourth-order valence-corrected chi connectivity index (χ4v) is 4.42. The first-order chi connectivity index (χ1) is 7.14. The molecule has 1 aromatic rings. The van der Waals surface area contributed by atoms with Crippen LogP contribution in [0.4, 0.5) is 0 Å². The zero-order chi connectivity index (χ0) is 11.1. The van der Waals surface area contributed by atoms with Crippen molar-refractivity contribution in [3.05, 3.63) is 35.9 Å². The highest BCUT2D eigenvalue weighted by molar-refractivity contribution is 8.63. The summed E-state index contributed by atoms with van der Waals surface area (Å²) in [6, 6.07) is 10.0. The number of rotatable bonds is 6. The largest absolute Gasteiger partial charge is 0.346 e. The fourth-order valence-electron chi connectivity index (χ4n) is 1.11. The molecule has 0 amide bonds. The first kappa shape index (κ1) is 13.1. The van der Waals surface area contributed by atoms with Crippen molar-refractivity contribution in [2.24, 2.45) is 0 Å². The molecule has 1 rings (SSSR count). The molecule has 0 bridgehead atoms. The molecule has 0 spiro atoms. The Balaban J connectivity index is 2.31. The van der Waals surface area contributed by atoms with Gasteiger partial charge in [0, 0.05) is 5.75 Å². The van der Waals surface area contributed by atoms with Crippen molar-refractivity contribution in [3.8, 4) is 0 Å². The molecule has 0 aliphatic heterocycles. The van der Waals surface area contributed by atoms with Crippen LogP contribution in [0.3, 0.4) is 0 Å². The van der Waals surface area contributed by atoms with Gasteiger partial charge in [-0.15, -0.1) is 0 Å². The molecule has 0 saturated carbocycles. The number of aryl methyl sites for hydroxylation is 1. The third kappa shape index (κ3) is 5.62. The van der Waals surface area contributed by atoms with Crippen LogP contribution < -0.4 is 0 Å². The molecule has 15 heavy (non-hydrogen) atoms. The van der Waals surface area contributed by atoms with Gasteiger partial charge in [0.25, 0.3) is 0 Å². The molecule has 1 aromatic carbocycles. The molecule has 0 aliphatic rings. The first-order valence-corrected chi connectivity index (χ1v) is 8.89. The number of halogens is 1. The smallest absolute Gasteiger partial charge is 0.310 e. The van der Waals surface area contributed by atoms with E-state index < -0.39 is 5.92 Å². The minimum atomic E-state index is -2.94. The van der Waals surface area contributed by atoms with E-state index in [0.29, 0.717) is 12.4 Å². The zero-order valence-corrected chi connectivity index (χ0v) is 11.0. The molecule has 0 aliphatic carbocycles. The van der Waals surface area contributed by atoms with Gasteiger partial charge in [-0.2, -0.15) is 0 Å². The van der Waals surface area contributed by atoms with Gasteiger partial charge in [-0.05, 0) is 30.1 Å². The third-order valence-corrected chi connectivity index (χ3v) is 5.98. The quantitative estimate of drug-likeness (QED) is 0.715. The Morgan fingerprint density at radius 1 is 1.40 bits per heavy atom. The van der Waals surface area contributed by atoms with Gasteiger partial charge in [0.05, 0.1) is 6.61 Å². The summed E-state index contributed by atoms with van der Waals surface area (Å²) in [5.74, 6) is -2.23. The molecule has 1 atom stereocenters. The van der Waals surface area contributed by atoms with Crippen molar-refractivity contribution in [3.63, 3.8) is 0 Å². The summed E-state index contributed by atoms with van der Waals surface area (Å²) in [5.41, 5.74) is 1.22. The van der Waals surface area contributed by atoms with E-state index in [0.717, 1.165) is 6.42 Å². The van der Waals surface area contributed by atoms with Crippen LogP contribution in [0, 0.1) is 0 Å². The van der Waals surface area contributed by atoms with E-state index in [4.69, 9.17) is 15.8 Å². The van der Waals surface area contributed by atoms with Crippen LogP contribution in [-0.4, -0.2) is 12.4 Å². The van der Waals surface area contributed by atoms with Crippen molar-refractivity contribution in [1.82, 2.24) is 0 Å². The molecule has 1 unspecified atom stereocenters. The lowest BCUT2D eigenvalue weighted by Gasteiger charge is -2.08. The summed E-state index contributed by atoms with van der Waals surface area (Å²) >= 11 is 6.90. The molecule has 0 radical (unpaired) electrons. The van der Waals surface area contributed by atoms with Crippen molar-refractivity contribution >= 4 is 28.5 Å². The maximum atomic E-state index is 11.5. The Labute approximate surface area is 99.3 Å². The molecular formula is C10H14ClO2PS. The van der Waals surface area contributed by atoms with E-state index in [1.165, 1.54) is 16.9 Å². The molecule has 0 heterocycles. The minimum absolute atomic E-state index is 0.388. The topological polar surface area (TPSA) is 26.3 Å². The Bertz CT molecular complexity index is 331. The van der Waals surface area contributed by atoms with Gasteiger partial charge in [0.2, 0.25) is 0 Å². The standard InChI is InChI=1S/C10H14ClO2PS/c1-2-13-14(11,12)15-9-8-10-6-4-3-5-7-10/h3-7H,2,8-9H2,1H3. The summed E-state index contributed by atoms with van der Waals surface area (Å²) in [5, 5.41) is 0. The second-order valence-electron chi connectivity index (χ2n) is 2.92. The fraction of sp³-hybridized carbons (Fsp3) is 0.400.